The Kier molecular flexibility index (Phi) is 4.94. The Labute approximate surface area is 189 Å². The van der Waals surface area contributed by atoms with Crippen LogP contribution in [0.15, 0.2) is 41.2 Å². The molecule has 166 valence electrons. The highest BCUT2D eigenvalue weighted by Crippen LogP contribution is 2.48. The van der Waals surface area contributed by atoms with Gasteiger partial charge in [0.15, 0.2) is 22.3 Å². The molecule has 32 heavy (non-hydrogen) atoms. The van der Waals surface area contributed by atoms with Crippen LogP contribution in [-0.2, 0) is 13.5 Å². The molecule has 3 heterocycles. The molecule has 0 fully saturated rings. The maximum Gasteiger partial charge on any atom is 0.272 e. The van der Waals surface area contributed by atoms with E-state index in [0.717, 1.165) is 29.0 Å². The largest absolute Gasteiger partial charge is 0.494 e. The highest BCUT2D eigenvalue weighted by atomic mass is 32.1. The molecule has 9 heteroatoms. The van der Waals surface area contributed by atoms with Crippen LogP contribution in [0.25, 0.3) is 5.69 Å². The van der Waals surface area contributed by atoms with E-state index in [4.69, 9.17) is 26.4 Å². The lowest BCUT2D eigenvalue weighted by Crippen LogP contribution is -3.10. The molecule has 5 rings (SSSR count). The number of hydrogen-bond acceptors (Lipinski definition) is 6. The highest BCUT2D eigenvalue weighted by Gasteiger charge is 2.41. The van der Waals surface area contributed by atoms with Crippen molar-refractivity contribution in [1.82, 2.24) is 9.13 Å². The summed E-state index contributed by atoms with van der Waals surface area (Å²) in [6.07, 6.45) is 0.781. The SMILES string of the molecule is COc1c2c(cc3c1[C@@H](c1c(O)n(C)c(=S)n(-c4ccccc4)c1=O)[NH+](C)CC3)OCO2. The van der Waals surface area contributed by atoms with E-state index in [0.29, 0.717) is 22.9 Å². The van der Waals surface area contributed by atoms with E-state index in [-0.39, 0.29) is 28.6 Å². The topological polar surface area (TPSA) is 79.3 Å². The van der Waals surface area contributed by atoms with E-state index >= 15 is 0 Å². The number of rotatable bonds is 3. The third-order valence-corrected chi connectivity index (χ3v) is 6.75. The zero-order valence-electron chi connectivity index (χ0n) is 18.0. The summed E-state index contributed by atoms with van der Waals surface area (Å²) in [5.74, 6) is 1.55. The molecule has 1 unspecified atom stereocenters. The molecule has 0 spiro atoms. The van der Waals surface area contributed by atoms with Gasteiger partial charge in [0.25, 0.3) is 5.56 Å². The zero-order chi connectivity index (χ0) is 22.6. The fourth-order valence-corrected chi connectivity index (χ4v) is 4.97. The third-order valence-electron chi connectivity index (χ3n) is 6.29. The lowest BCUT2D eigenvalue weighted by atomic mass is 9.87. The van der Waals surface area contributed by atoms with Crippen molar-refractivity contribution in [1.29, 1.82) is 0 Å². The van der Waals surface area contributed by atoms with Crippen LogP contribution in [0.3, 0.4) is 0 Å². The van der Waals surface area contributed by atoms with Crippen molar-refractivity contribution in [3.05, 3.63) is 68.2 Å². The average Bonchev–Trinajstić information content (AvgIpc) is 3.27. The van der Waals surface area contributed by atoms with Gasteiger partial charge in [0.1, 0.15) is 5.56 Å². The second-order valence-corrected chi connectivity index (χ2v) is 8.42. The van der Waals surface area contributed by atoms with E-state index in [1.54, 1.807) is 14.2 Å². The van der Waals surface area contributed by atoms with Gasteiger partial charge in [-0.15, -0.1) is 0 Å². The summed E-state index contributed by atoms with van der Waals surface area (Å²) in [7, 11) is 5.24. The molecule has 2 N–H and O–H groups in total. The van der Waals surface area contributed by atoms with Crippen molar-refractivity contribution in [3.8, 4) is 28.8 Å². The van der Waals surface area contributed by atoms with Crippen LogP contribution in [0.1, 0.15) is 22.7 Å². The Morgan fingerprint density at radius 1 is 1.22 bits per heavy atom. The molecule has 0 aliphatic carbocycles. The van der Waals surface area contributed by atoms with Crippen LogP contribution < -0.4 is 24.7 Å². The molecular formula is C23H24N3O5S+. The first-order valence-corrected chi connectivity index (χ1v) is 10.8. The van der Waals surface area contributed by atoms with Gasteiger partial charge in [-0.05, 0) is 36.0 Å². The summed E-state index contributed by atoms with van der Waals surface area (Å²) in [6.45, 7) is 0.887. The fourth-order valence-electron chi connectivity index (χ4n) is 4.70. The number of nitrogens with zero attached hydrogens (tertiary/aromatic N) is 2. The molecule has 1 aromatic heterocycles. The monoisotopic (exact) mass is 454 g/mol. The maximum absolute atomic E-state index is 13.9. The molecule has 8 nitrogen and oxygen atoms in total. The molecule has 0 saturated carbocycles. The fraction of sp³-hybridized carbons (Fsp3) is 0.304. The number of nitrogens with one attached hydrogen (secondary N) is 1. The van der Waals surface area contributed by atoms with Gasteiger partial charge in [0, 0.05) is 13.5 Å². The molecule has 3 aromatic rings. The molecule has 0 radical (unpaired) electrons. The number of aromatic nitrogens is 2. The molecule has 0 bridgehead atoms. The van der Waals surface area contributed by atoms with E-state index in [9.17, 15) is 9.90 Å². The van der Waals surface area contributed by atoms with Crippen molar-refractivity contribution in [2.24, 2.45) is 7.05 Å². The summed E-state index contributed by atoms with van der Waals surface area (Å²) in [5, 5.41) is 11.2. The molecule has 2 aliphatic rings. The highest BCUT2D eigenvalue weighted by molar-refractivity contribution is 7.71. The average molecular weight is 455 g/mol. The molecule has 2 atom stereocenters. The Morgan fingerprint density at radius 3 is 2.69 bits per heavy atom. The minimum absolute atomic E-state index is 0.119. The van der Waals surface area contributed by atoms with Crippen molar-refractivity contribution in [2.45, 2.75) is 12.5 Å². The predicted octanol–water partition coefficient (Wildman–Crippen LogP) is 1.51. The van der Waals surface area contributed by atoms with Crippen LogP contribution in [0, 0.1) is 4.77 Å². The predicted molar refractivity (Wildman–Crippen MR) is 120 cm³/mol. The maximum atomic E-state index is 13.9. The van der Waals surface area contributed by atoms with Crippen molar-refractivity contribution >= 4 is 12.2 Å². The molecular weight excluding hydrogens is 430 g/mol. The quantitative estimate of drug-likeness (QED) is 0.584. The number of fused-ring (bicyclic) bond motifs is 2. The number of aromatic hydroxyl groups is 1. The molecule has 2 aromatic carbocycles. The first-order chi connectivity index (χ1) is 15.4. The number of para-hydroxylation sites is 1. The van der Waals surface area contributed by atoms with Crippen molar-refractivity contribution in [3.63, 3.8) is 0 Å². The number of methoxy groups -OCH3 is 1. The lowest BCUT2D eigenvalue weighted by Gasteiger charge is -2.33. The van der Waals surface area contributed by atoms with Gasteiger partial charge in [0.2, 0.25) is 18.4 Å². The Balaban J connectivity index is 1.83. The Hall–Kier alpha value is -3.30. The van der Waals surface area contributed by atoms with Crippen molar-refractivity contribution < 1.29 is 24.2 Å². The van der Waals surface area contributed by atoms with E-state index in [1.807, 2.05) is 43.4 Å². The van der Waals surface area contributed by atoms with Crippen LogP contribution in [0.2, 0.25) is 0 Å². The van der Waals surface area contributed by atoms with Crippen LogP contribution in [-0.4, -0.2) is 41.7 Å². The number of hydrogen-bond donors (Lipinski definition) is 2. The van der Waals surface area contributed by atoms with Gasteiger partial charge in [-0.25, -0.2) is 0 Å². The summed E-state index contributed by atoms with van der Waals surface area (Å²) >= 11 is 5.53. The van der Waals surface area contributed by atoms with Gasteiger partial charge < -0.3 is 24.2 Å². The van der Waals surface area contributed by atoms with Crippen LogP contribution >= 0.6 is 12.2 Å². The smallest absolute Gasteiger partial charge is 0.272 e. The van der Waals surface area contributed by atoms with Gasteiger partial charge in [0.05, 0.1) is 32.0 Å². The van der Waals surface area contributed by atoms with E-state index < -0.39 is 6.04 Å². The van der Waals surface area contributed by atoms with E-state index in [1.165, 1.54) is 9.13 Å². The second-order valence-electron chi connectivity index (χ2n) is 8.05. The number of quaternary nitrogens is 1. The molecule has 0 saturated heterocycles. The standard InChI is InChI=1S/C23H23N3O5S/c1-24-10-9-13-11-15-19(31-12-30-15)20(29-3)16(13)18(24)17-21(27)25(2)23(32)26(22(17)28)14-7-5-4-6-8-14/h4-8,11,18,27H,9-10,12H2,1-3H3/p+1/t18-/m0/s1. The van der Waals surface area contributed by atoms with Gasteiger partial charge in [-0.3, -0.25) is 13.9 Å². The molecule has 2 aliphatic heterocycles. The number of likely N-dealkylation sites (N-methyl/N-ethyl adjacent to an activating group) is 1. The molecule has 0 amide bonds. The second kappa shape index (κ2) is 7.68. The number of ether oxygens (including phenoxy) is 3. The lowest BCUT2D eigenvalue weighted by molar-refractivity contribution is -0.908. The summed E-state index contributed by atoms with van der Waals surface area (Å²) < 4.78 is 20.2. The minimum Gasteiger partial charge on any atom is -0.494 e. The van der Waals surface area contributed by atoms with Crippen LogP contribution in [0.4, 0.5) is 0 Å². The van der Waals surface area contributed by atoms with Gasteiger partial charge >= 0.3 is 0 Å². The van der Waals surface area contributed by atoms with Crippen molar-refractivity contribution in [2.75, 3.05) is 27.5 Å². The van der Waals surface area contributed by atoms with Gasteiger partial charge in [-0.2, -0.15) is 0 Å². The first kappa shape index (κ1) is 20.6. The summed E-state index contributed by atoms with van der Waals surface area (Å²) in [4.78, 5) is 14.9. The normalized spacial score (nSPS) is 19.0. The first-order valence-electron chi connectivity index (χ1n) is 10.4. The Bertz CT molecular complexity index is 1330. The van der Waals surface area contributed by atoms with E-state index in [2.05, 4.69) is 0 Å². The number of benzene rings is 2. The summed E-state index contributed by atoms with van der Waals surface area (Å²) in [6, 6.07) is 10.7. The minimum atomic E-state index is -0.479. The Morgan fingerprint density at radius 2 is 1.97 bits per heavy atom. The van der Waals surface area contributed by atoms with Crippen LogP contribution in [0.5, 0.6) is 23.1 Å². The summed E-state index contributed by atoms with van der Waals surface area (Å²) in [5.41, 5.74) is 2.39. The van der Waals surface area contributed by atoms with Gasteiger partial charge in [-0.1, -0.05) is 18.2 Å². The zero-order valence-corrected chi connectivity index (χ0v) is 18.9. The third kappa shape index (κ3) is 2.92.